The van der Waals surface area contributed by atoms with E-state index in [1.807, 2.05) is 18.2 Å². The molecule has 1 saturated heterocycles. The Kier molecular flexibility index (Phi) is 5.06. The molecule has 0 spiro atoms. The van der Waals surface area contributed by atoms with Crippen molar-refractivity contribution in [3.63, 3.8) is 0 Å². The zero-order valence-corrected chi connectivity index (χ0v) is 18.1. The molecule has 160 valence electrons. The van der Waals surface area contributed by atoms with Crippen LogP contribution in [0.3, 0.4) is 0 Å². The molecule has 5 rings (SSSR count). The van der Waals surface area contributed by atoms with Crippen LogP contribution in [0, 0.1) is 5.92 Å². The van der Waals surface area contributed by atoms with E-state index in [2.05, 4.69) is 36.7 Å². The van der Waals surface area contributed by atoms with Crippen molar-refractivity contribution >= 4 is 22.8 Å². The van der Waals surface area contributed by atoms with Crippen LogP contribution in [0.4, 0.5) is 0 Å². The summed E-state index contributed by atoms with van der Waals surface area (Å²) in [5.41, 5.74) is 3.22. The molecule has 2 aromatic carbocycles. The van der Waals surface area contributed by atoms with Crippen LogP contribution in [0.2, 0.25) is 0 Å². The fourth-order valence-electron chi connectivity index (χ4n) is 5.06. The lowest BCUT2D eigenvalue weighted by atomic mass is 9.99. The van der Waals surface area contributed by atoms with Crippen molar-refractivity contribution in [2.75, 3.05) is 13.1 Å². The zero-order valence-electron chi connectivity index (χ0n) is 18.1. The Bertz CT molecular complexity index is 1190. The second-order valence-corrected chi connectivity index (χ2v) is 8.87. The number of likely N-dealkylation sites (tertiary alicyclic amines) is 1. The van der Waals surface area contributed by atoms with Gasteiger partial charge in [0, 0.05) is 40.7 Å². The maximum atomic E-state index is 13.1. The first kappa shape index (κ1) is 19.9. The molecule has 3 heterocycles. The van der Waals surface area contributed by atoms with Crippen molar-refractivity contribution in [3.05, 3.63) is 65.0 Å². The van der Waals surface area contributed by atoms with Crippen molar-refractivity contribution < 1.29 is 19.5 Å². The molecule has 2 unspecified atom stereocenters. The van der Waals surface area contributed by atoms with Crippen LogP contribution < -0.4 is 14.7 Å². The highest BCUT2D eigenvalue weighted by atomic mass is 16.5. The van der Waals surface area contributed by atoms with Crippen LogP contribution in [0.25, 0.3) is 17.0 Å². The molecule has 0 radical (unpaired) electrons. The molecule has 0 amide bonds. The molecule has 1 fully saturated rings. The third kappa shape index (κ3) is 3.53. The van der Waals surface area contributed by atoms with Gasteiger partial charge in [-0.05, 0) is 38.0 Å². The number of fused-ring (bicyclic) bond motifs is 2. The highest BCUT2D eigenvalue weighted by Gasteiger charge is 2.32. The van der Waals surface area contributed by atoms with Gasteiger partial charge < -0.3 is 19.3 Å². The van der Waals surface area contributed by atoms with Gasteiger partial charge in [0.1, 0.15) is 12.3 Å². The van der Waals surface area contributed by atoms with Gasteiger partial charge in [-0.2, -0.15) is 0 Å². The Labute approximate surface area is 182 Å². The fraction of sp³-hybridized carbons (Fsp3) is 0.346. The lowest BCUT2D eigenvalue weighted by molar-refractivity contribution is -0.922. The fourth-order valence-corrected chi connectivity index (χ4v) is 5.06. The SMILES string of the molecule is CCn1cc(C=C2Oc3c(ccc([O-])c3C[NH+]3CCCC(C)C3)C2=O)c2ccccc21. The van der Waals surface area contributed by atoms with Crippen LogP contribution in [-0.4, -0.2) is 23.4 Å². The smallest absolute Gasteiger partial charge is 0.231 e. The molecule has 5 heteroatoms. The molecule has 1 aromatic heterocycles. The van der Waals surface area contributed by atoms with E-state index in [9.17, 15) is 9.90 Å². The Balaban J connectivity index is 1.50. The number of aromatic nitrogens is 1. The monoisotopic (exact) mass is 416 g/mol. The van der Waals surface area contributed by atoms with Gasteiger partial charge in [0.15, 0.2) is 5.76 Å². The van der Waals surface area contributed by atoms with Gasteiger partial charge >= 0.3 is 0 Å². The minimum Gasteiger partial charge on any atom is -0.872 e. The van der Waals surface area contributed by atoms with E-state index in [0.717, 1.165) is 36.1 Å². The van der Waals surface area contributed by atoms with E-state index in [4.69, 9.17) is 4.74 Å². The molecule has 1 N–H and O–H groups in total. The highest BCUT2D eigenvalue weighted by molar-refractivity contribution is 6.15. The summed E-state index contributed by atoms with van der Waals surface area (Å²) in [4.78, 5) is 14.5. The predicted octanol–water partition coefficient (Wildman–Crippen LogP) is 3.17. The first-order valence-corrected chi connectivity index (χ1v) is 11.2. The lowest BCUT2D eigenvalue weighted by Crippen LogP contribution is -3.12. The Morgan fingerprint density at radius 2 is 2.10 bits per heavy atom. The molecule has 31 heavy (non-hydrogen) atoms. The summed E-state index contributed by atoms with van der Waals surface area (Å²) in [5.74, 6) is 1.23. The van der Waals surface area contributed by atoms with Gasteiger partial charge in [-0.15, -0.1) is 0 Å². The molecule has 0 saturated carbocycles. The maximum Gasteiger partial charge on any atom is 0.231 e. The van der Waals surface area contributed by atoms with E-state index in [-0.39, 0.29) is 11.5 Å². The third-order valence-electron chi connectivity index (χ3n) is 6.64. The normalized spacial score (nSPS) is 22.1. The quantitative estimate of drug-likeness (QED) is 0.665. The van der Waals surface area contributed by atoms with Gasteiger partial charge in [-0.25, -0.2) is 0 Å². The van der Waals surface area contributed by atoms with Gasteiger partial charge in [-0.1, -0.05) is 36.9 Å². The number of benzene rings is 2. The number of piperidine rings is 1. The number of para-hydroxylation sites is 1. The maximum absolute atomic E-state index is 13.1. The Hall–Kier alpha value is -3.05. The van der Waals surface area contributed by atoms with Crippen LogP contribution in [0.1, 0.15) is 48.2 Å². The largest absolute Gasteiger partial charge is 0.872 e. The Morgan fingerprint density at radius 3 is 2.90 bits per heavy atom. The number of carbonyl (C=O) groups is 1. The molecule has 0 bridgehead atoms. The number of allylic oxidation sites excluding steroid dienone is 1. The summed E-state index contributed by atoms with van der Waals surface area (Å²) >= 11 is 0. The number of aryl methyl sites for hydroxylation is 1. The van der Waals surface area contributed by atoms with E-state index in [0.29, 0.717) is 35.1 Å². The number of Topliss-reactive ketones (excluding diaryl/α,β-unsaturated/α-hetero) is 1. The first-order chi connectivity index (χ1) is 15.0. The average molecular weight is 417 g/mol. The van der Waals surface area contributed by atoms with Crippen molar-refractivity contribution in [1.82, 2.24) is 4.57 Å². The summed E-state index contributed by atoms with van der Waals surface area (Å²) in [5, 5.41) is 13.8. The molecule has 2 aliphatic heterocycles. The molecule has 0 aliphatic carbocycles. The number of quaternary nitrogens is 1. The topological polar surface area (TPSA) is 58.7 Å². The number of nitrogens with zero attached hydrogens (tertiary/aromatic N) is 1. The molecule has 2 atom stereocenters. The van der Waals surface area contributed by atoms with Crippen molar-refractivity contribution in [1.29, 1.82) is 0 Å². The van der Waals surface area contributed by atoms with Crippen molar-refractivity contribution in [2.24, 2.45) is 5.92 Å². The van der Waals surface area contributed by atoms with E-state index >= 15 is 0 Å². The van der Waals surface area contributed by atoms with E-state index in [1.54, 1.807) is 6.07 Å². The summed E-state index contributed by atoms with van der Waals surface area (Å²) in [6.45, 7) is 7.93. The predicted molar refractivity (Wildman–Crippen MR) is 119 cm³/mol. The van der Waals surface area contributed by atoms with Gasteiger partial charge in [0.05, 0.1) is 18.7 Å². The van der Waals surface area contributed by atoms with Crippen LogP contribution in [0.5, 0.6) is 11.5 Å². The zero-order chi connectivity index (χ0) is 21.5. The summed E-state index contributed by atoms with van der Waals surface area (Å²) < 4.78 is 8.25. The first-order valence-electron chi connectivity index (χ1n) is 11.2. The lowest BCUT2D eigenvalue weighted by Gasteiger charge is -2.29. The third-order valence-corrected chi connectivity index (χ3v) is 6.64. The van der Waals surface area contributed by atoms with E-state index in [1.165, 1.54) is 23.8 Å². The van der Waals surface area contributed by atoms with Crippen molar-refractivity contribution in [2.45, 2.75) is 39.8 Å². The average Bonchev–Trinajstić information content (AvgIpc) is 3.28. The van der Waals surface area contributed by atoms with Gasteiger partial charge in [0.2, 0.25) is 5.78 Å². The number of rotatable bonds is 4. The highest BCUT2D eigenvalue weighted by Crippen LogP contribution is 2.39. The molecular formula is C26H28N2O3. The summed E-state index contributed by atoms with van der Waals surface area (Å²) in [7, 11) is 0. The van der Waals surface area contributed by atoms with Crippen LogP contribution in [-0.2, 0) is 13.1 Å². The number of hydrogen-bond acceptors (Lipinski definition) is 3. The summed E-state index contributed by atoms with van der Waals surface area (Å²) in [6.07, 6.45) is 6.29. The number of carbonyl (C=O) groups excluding carboxylic acids is 1. The van der Waals surface area contributed by atoms with Gasteiger partial charge in [0.25, 0.3) is 0 Å². The van der Waals surface area contributed by atoms with E-state index < -0.39 is 0 Å². The minimum absolute atomic E-state index is 0.0406. The molecular weight excluding hydrogens is 388 g/mol. The minimum atomic E-state index is -0.147. The molecule has 3 aromatic rings. The second kappa shape index (κ2) is 7.89. The second-order valence-electron chi connectivity index (χ2n) is 8.87. The number of hydrogen-bond donors (Lipinski definition) is 1. The number of nitrogens with one attached hydrogen (secondary N) is 1. The summed E-state index contributed by atoms with van der Waals surface area (Å²) in [6, 6.07) is 11.3. The van der Waals surface area contributed by atoms with Crippen LogP contribution in [0.15, 0.2) is 48.4 Å². The standard InChI is InChI=1S/C26H28N2O3/c1-3-28-15-18(19-8-4-5-9-22(19)28)13-24-25(30)20-10-11-23(29)21(26(20)31-24)16-27-12-6-7-17(2)14-27/h4-5,8-11,13,15,17,29H,3,6-7,12,14,16H2,1-2H3. The van der Waals surface area contributed by atoms with Gasteiger partial charge in [-0.3, -0.25) is 4.79 Å². The number of ketones is 1. The molecule has 5 nitrogen and oxygen atoms in total. The van der Waals surface area contributed by atoms with Crippen LogP contribution >= 0.6 is 0 Å². The molecule has 2 aliphatic rings. The van der Waals surface area contributed by atoms with Crippen molar-refractivity contribution in [3.8, 4) is 11.5 Å². The Morgan fingerprint density at radius 1 is 1.26 bits per heavy atom. The number of ether oxygens (including phenoxy) is 1.